The Balaban J connectivity index is 2.24. The van der Waals surface area contributed by atoms with Crippen molar-refractivity contribution < 1.29 is 43.3 Å². The first-order chi connectivity index (χ1) is 16.7. The standard InChI is InChI=1S/C23H31N3O9/c1-5-31-22(29)34-20-16-9-7-14(11-18(28)25-33-13-15(27)12-26(3)4)8-10-17(16)21(19(20)24)35-23(30)32-6-2/h7-10,15,27H,5-6,11-13,24H2,1-4H3,(H,25,28). The van der Waals surface area contributed by atoms with Gasteiger partial charge in [0.2, 0.25) is 5.91 Å². The number of ether oxygens (including phenoxy) is 4. The smallest absolute Gasteiger partial charge is 0.434 e. The van der Waals surface area contributed by atoms with Crippen molar-refractivity contribution in [1.29, 1.82) is 0 Å². The van der Waals surface area contributed by atoms with Crippen LogP contribution in [0.1, 0.15) is 19.4 Å². The number of nitrogens with zero attached hydrogens (tertiary/aromatic N) is 1. The summed E-state index contributed by atoms with van der Waals surface area (Å²) in [5.41, 5.74) is 9.57. The van der Waals surface area contributed by atoms with Crippen molar-refractivity contribution in [2.75, 3.05) is 46.2 Å². The zero-order valence-electron chi connectivity index (χ0n) is 20.2. The average molecular weight is 494 g/mol. The molecule has 0 aromatic rings. The third kappa shape index (κ3) is 8.28. The van der Waals surface area contributed by atoms with E-state index in [0.717, 1.165) is 0 Å². The molecule has 1 atom stereocenters. The minimum absolute atomic E-state index is 0.0532. The van der Waals surface area contributed by atoms with Gasteiger partial charge in [0.05, 0.1) is 25.7 Å². The van der Waals surface area contributed by atoms with Crippen LogP contribution in [-0.2, 0) is 25.5 Å². The van der Waals surface area contributed by atoms with Crippen LogP contribution < -0.4 is 20.7 Å². The number of rotatable bonds is 11. The number of amides is 1. The maximum atomic E-state index is 12.3. The second kappa shape index (κ2) is 13.3. The van der Waals surface area contributed by atoms with Crippen LogP contribution >= 0.6 is 0 Å². The fourth-order valence-electron chi connectivity index (χ4n) is 3.12. The largest absolute Gasteiger partial charge is 0.513 e. The first kappa shape index (κ1) is 27.6. The Morgan fingerprint density at radius 3 is 1.94 bits per heavy atom. The predicted octanol–water partition coefficient (Wildman–Crippen LogP) is 1.96. The van der Waals surface area contributed by atoms with Gasteiger partial charge in [0, 0.05) is 17.7 Å². The summed E-state index contributed by atoms with van der Waals surface area (Å²) in [5, 5.41) is 9.79. The van der Waals surface area contributed by atoms with Gasteiger partial charge in [0.1, 0.15) is 12.3 Å². The molecule has 0 heterocycles. The minimum atomic E-state index is -0.978. The Kier molecular flexibility index (Phi) is 10.5. The normalized spacial score (nSPS) is 11.7. The molecule has 0 saturated heterocycles. The van der Waals surface area contributed by atoms with Crippen LogP contribution in [0.3, 0.4) is 0 Å². The van der Waals surface area contributed by atoms with Crippen molar-refractivity contribution in [2.45, 2.75) is 26.4 Å². The summed E-state index contributed by atoms with van der Waals surface area (Å²) in [5.74, 6) is -0.552. The number of hydroxylamine groups is 1. The van der Waals surface area contributed by atoms with E-state index in [4.69, 9.17) is 29.5 Å². The third-order valence-corrected chi connectivity index (χ3v) is 4.49. The molecule has 1 amide bonds. The molecule has 2 aliphatic rings. The second-order valence-corrected chi connectivity index (χ2v) is 7.64. The first-order valence-corrected chi connectivity index (χ1v) is 10.9. The highest BCUT2D eigenvalue weighted by atomic mass is 16.7. The first-order valence-electron chi connectivity index (χ1n) is 10.9. The Hall–Kier alpha value is -3.61. The maximum absolute atomic E-state index is 12.3. The highest BCUT2D eigenvalue weighted by molar-refractivity contribution is 5.95. The molecule has 2 aliphatic carbocycles. The molecule has 0 radical (unpaired) electrons. The summed E-state index contributed by atoms with van der Waals surface area (Å²) < 4.78 is 20.1. The minimum Gasteiger partial charge on any atom is -0.434 e. The number of aliphatic hydroxyl groups is 1. The van der Waals surface area contributed by atoms with Crippen LogP contribution in [0.25, 0.3) is 11.1 Å². The zero-order chi connectivity index (χ0) is 26.0. The Bertz CT molecular complexity index is 939. The van der Waals surface area contributed by atoms with Crippen LogP contribution in [0.4, 0.5) is 15.3 Å². The van der Waals surface area contributed by atoms with Crippen LogP contribution in [-0.4, -0.2) is 74.8 Å². The second-order valence-electron chi connectivity index (χ2n) is 7.64. The molecular formula is C23H31N3O9. The van der Waals surface area contributed by atoms with E-state index in [1.54, 1.807) is 57.1 Å². The maximum Gasteiger partial charge on any atom is 0.513 e. The number of nitrogen functional groups attached to an aromatic ring is 1. The highest BCUT2D eigenvalue weighted by Gasteiger charge is 2.28. The summed E-state index contributed by atoms with van der Waals surface area (Å²) in [7, 11) is 3.61. The number of likely N-dealkylation sites (N-methyl/N-ethyl adjacent to an activating group) is 1. The molecule has 35 heavy (non-hydrogen) atoms. The van der Waals surface area contributed by atoms with E-state index in [9.17, 15) is 19.5 Å². The predicted molar refractivity (Wildman–Crippen MR) is 125 cm³/mol. The fourth-order valence-corrected chi connectivity index (χ4v) is 3.12. The summed E-state index contributed by atoms with van der Waals surface area (Å²) in [6, 6.07) is 6.38. The summed E-state index contributed by atoms with van der Waals surface area (Å²) in [4.78, 5) is 43.0. The quantitative estimate of drug-likeness (QED) is 0.310. The highest BCUT2D eigenvalue weighted by Crippen LogP contribution is 2.50. The molecule has 192 valence electrons. The van der Waals surface area contributed by atoms with Gasteiger partial charge in [-0.3, -0.25) is 9.63 Å². The van der Waals surface area contributed by atoms with Gasteiger partial charge in [0.25, 0.3) is 0 Å². The lowest BCUT2D eigenvalue weighted by atomic mass is 10.2. The van der Waals surface area contributed by atoms with Crippen molar-refractivity contribution >= 4 is 23.9 Å². The molecule has 1 unspecified atom stereocenters. The molecule has 0 aliphatic heterocycles. The van der Waals surface area contributed by atoms with Gasteiger partial charge >= 0.3 is 12.3 Å². The van der Waals surface area contributed by atoms with Gasteiger partial charge in [-0.15, -0.1) is 0 Å². The number of hydrogen-bond donors (Lipinski definition) is 3. The van der Waals surface area contributed by atoms with Crippen molar-refractivity contribution in [3.63, 3.8) is 0 Å². The molecule has 2 rings (SSSR count). The lowest BCUT2D eigenvalue weighted by molar-refractivity contribution is -0.135. The zero-order valence-corrected chi connectivity index (χ0v) is 20.2. The lowest BCUT2D eigenvalue weighted by Crippen LogP contribution is -2.34. The number of carbonyl (C=O) groups is 3. The van der Waals surface area contributed by atoms with E-state index in [0.29, 0.717) is 23.2 Å². The topological polar surface area (TPSA) is 159 Å². The molecule has 0 aromatic carbocycles. The van der Waals surface area contributed by atoms with E-state index in [1.807, 2.05) is 0 Å². The number of fused-ring (bicyclic) bond motifs is 1. The molecule has 0 aromatic heterocycles. The molecular weight excluding hydrogens is 462 g/mol. The van der Waals surface area contributed by atoms with E-state index in [2.05, 4.69) is 5.48 Å². The number of anilines is 1. The van der Waals surface area contributed by atoms with Crippen LogP contribution in [0.2, 0.25) is 0 Å². The Morgan fingerprint density at radius 1 is 0.971 bits per heavy atom. The van der Waals surface area contributed by atoms with E-state index in [1.165, 1.54) is 0 Å². The van der Waals surface area contributed by atoms with Gasteiger partial charge in [-0.05, 0) is 33.5 Å². The average Bonchev–Trinajstić information content (AvgIpc) is 2.89. The monoisotopic (exact) mass is 493 g/mol. The molecule has 0 saturated carbocycles. The third-order valence-electron chi connectivity index (χ3n) is 4.49. The molecule has 12 nitrogen and oxygen atoms in total. The molecule has 4 N–H and O–H groups in total. The molecule has 0 bridgehead atoms. The molecule has 0 fully saturated rings. The number of carbonyl (C=O) groups excluding carboxylic acids is 3. The van der Waals surface area contributed by atoms with Crippen molar-refractivity contribution in [3.05, 3.63) is 29.8 Å². The van der Waals surface area contributed by atoms with E-state index >= 15 is 0 Å². The van der Waals surface area contributed by atoms with Crippen LogP contribution in [0.5, 0.6) is 11.5 Å². The summed E-state index contributed by atoms with van der Waals surface area (Å²) in [6.07, 6.45) is -2.77. The number of nitrogens with one attached hydrogen (secondary N) is 1. The van der Waals surface area contributed by atoms with Gasteiger partial charge in [-0.25, -0.2) is 15.1 Å². The van der Waals surface area contributed by atoms with Gasteiger partial charge in [-0.2, -0.15) is 0 Å². The Morgan fingerprint density at radius 2 is 1.49 bits per heavy atom. The van der Waals surface area contributed by atoms with Crippen molar-refractivity contribution in [1.82, 2.24) is 10.4 Å². The SMILES string of the molecule is CCOC(=O)Oc1c2ccc(CC(=O)NOCC(O)CN(C)C)ccc-2c(OC(=O)OCC)c1N. The summed E-state index contributed by atoms with van der Waals surface area (Å²) >= 11 is 0. The van der Waals surface area contributed by atoms with Gasteiger partial charge in [0.15, 0.2) is 11.5 Å². The van der Waals surface area contributed by atoms with E-state index in [-0.39, 0.29) is 43.4 Å². The molecule has 0 spiro atoms. The Labute approximate surface area is 203 Å². The molecule has 12 heteroatoms. The van der Waals surface area contributed by atoms with Crippen molar-refractivity contribution in [2.24, 2.45) is 0 Å². The number of nitrogens with two attached hydrogens (primary N) is 1. The van der Waals surface area contributed by atoms with Gasteiger partial charge in [-0.1, -0.05) is 24.3 Å². The fraction of sp³-hybridized carbons (Fsp3) is 0.435. The van der Waals surface area contributed by atoms with Crippen molar-refractivity contribution in [3.8, 4) is 22.6 Å². The van der Waals surface area contributed by atoms with Crippen LogP contribution in [0.15, 0.2) is 24.3 Å². The van der Waals surface area contributed by atoms with E-state index < -0.39 is 24.3 Å². The van der Waals surface area contributed by atoms with Crippen LogP contribution in [0, 0.1) is 0 Å². The number of hydrogen-bond acceptors (Lipinski definition) is 11. The summed E-state index contributed by atoms with van der Waals surface area (Å²) in [6.45, 7) is 3.73. The number of aliphatic hydroxyl groups excluding tert-OH is 1. The lowest BCUT2D eigenvalue weighted by Gasteiger charge is -2.15. The van der Waals surface area contributed by atoms with Gasteiger partial charge < -0.3 is 34.7 Å².